The molecule has 0 aromatic heterocycles. The maximum absolute atomic E-state index is 13.6. The highest BCUT2D eigenvalue weighted by Crippen LogP contribution is 2.27. The van der Waals surface area contributed by atoms with Gasteiger partial charge in [0.05, 0.1) is 18.2 Å². The molecule has 1 atom stereocenters. The first-order chi connectivity index (χ1) is 9.15. The molecule has 0 heterocycles. The van der Waals surface area contributed by atoms with E-state index in [1.165, 1.54) is 6.07 Å². The van der Waals surface area contributed by atoms with Gasteiger partial charge >= 0.3 is 0 Å². The molecule has 0 radical (unpaired) electrons. The van der Waals surface area contributed by atoms with Crippen LogP contribution in [0.25, 0.3) is 0 Å². The van der Waals surface area contributed by atoms with E-state index in [1.807, 2.05) is 37.4 Å². The van der Waals surface area contributed by atoms with E-state index < -0.39 is 5.82 Å². The number of benzene rings is 2. The average Bonchev–Trinajstić information content (AvgIpc) is 2.44. The van der Waals surface area contributed by atoms with Gasteiger partial charge in [-0.1, -0.05) is 29.8 Å². The van der Waals surface area contributed by atoms with Crippen molar-refractivity contribution in [3.05, 3.63) is 64.4 Å². The van der Waals surface area contributed by atoms with Crippen LogP contribution in [-0.4, -0.2) is 14.2 Å². The van der Waals surface area contributed by atoms with E-state index in [9.17, 15) is 4.39 Å². The van der Waals surface area contributed by atoms with Gasteiger partial charge in [-0.05, 0) is 42.4 Å². The molecule has 2 aromatic carbocycles. The Morgan fingerprint density at radius 1 is 1.16 bits per heavy atom. The van der Waals surface area contributed by atoms with Crippen LogP contribution >= 0.6 is 11.6 Å². The molecule has 19 heavy (non-hydrogen) atoms. The first-order valence-corrected chi connectivity index (χ1v) is 6.29. The summed E-state index contributed by atoms with van der Waals surface area (Å²) in [6.45, 7) is 0. The molecule has 1 N–H and O–H groups in total. The number of ether oxygens (including phenoxy) is 1. The normalized spacial score (nSPS) is 12.2. The summed E-state index contributed by atoms with van der Waals surface area (Å²) in [7, 11) is 3.45. The summed E-state index contributed by atoms with van der Waals surface area (Å²) in [6.07, 6.45) is 0. The number of hydrogen-bond acceptors (Lipinski definition) is 2. The van der Waals surface area contributed by atoms with E-state index in [-0.39, 0.29) is 11.1 Å². The van der Waals surface area contributed by atoms with Gasteiger partial charge in [-0.3, -0.25) is 0 Å². The minimum atomic E-state index is -0.415. The van der Waals surface area contributed by atoms with Crippen LogP contribution in [0.15, 0.2) is 42.5 Å². The predicted octanol–water partition coefficient (Wildman–Crippen LogP) is 3.80. The molecule has 4 heteroatoms. The van der Waals surface area contributed by atoms with E-state index in [0.29, 0.717) is 0 Å². The summed E-state index contributed by atoms with van der Waals surface area (Å²) in [5.74, 6) is 0.356. The van der Waals surface area contributed by atoms with Crippen molar-refractivity contribution in [1.29, 1.82) is 0 Å². The Morgan fingerprint density at radius 3 is 2.53 bits per heavy atom. The zero-order valence-electron chi connectivity index (χ0n) is 10.8. The zero-order valence-corrected chi connectivity index (χ0v) is 11.5. The van der Waals surface area contributed by atoms with Gasteiger partial charge in [-0.25, -0.2) is 4.39 Å². The van der Waals surface area contributed by atoms with Crippen LogP contribution in [0.1, 0.15) is 17.2 Å². The fourth-order valence-electron chi connectivity index (χ4n) is 2.04. The van der Waals surface area contributed by atoms with Crippen LogP contribution in [0, 0.1) is 5.82 Å². The number of methoxy groups -OCH3 is 1. The predicted molar refractivity (Wildman–Crippen MR) is 75.3 cm³/mol. The minimum absolute atomic E-state index is 0.109. The van der Waals surface area contributed by atoms with Crippen molar-refractivity contribution in [1.82, 2.24) is 5.32 Å². The maximum Gasteiger partial charge on any atom is 0.142 e. The summed E-state index contributed by atoms with van der Waals surface area (Å²) < 4.78 is 18.8. The van der Waals surface area contributed by atoms with Gasteiger partial charge in [0, 0.05) is 0 Å². The van der Waals surface area contributed by atoms with Gasteiger partial charge in [0.1, 0.15) is 11.6 Å². The zero-order chi connectivity index (χ0) is 13.8. The highest BCUT2D eigenvalue weighted by molar-refractivity contribution is 6.30. The Hall–Kier alpha value is -1.58. The largest absolute Gasteiger partial charge is 0.497 e. The van der Waals surface area contributed by atoms with Crippen LogP contribution in [0.5, 0.6) is 5.75 Å². The summed E-state index contributed by atoms with van der Waals surface area (Å²) in [5.41, 5.74) is 1.82. The average molecular weight is 280 g/mol. The fourth-order valence-corrected chi connectivity index (χ4v) is 2.16. The molecule has 0 aliphatic rings. The van der Waals surface area contributed by atoms with E-state index in [2.05, 4.69) is 5.32 Å². The standard InChI is InChI=1S/C15H15ClFNO/c1-18-15(10-4-3-5-12(8-10)19-2)11-6-7-13(16)14(17)9-11/h3-9,15,18H,1-2H3. The molecule has 0 aliphatic heterocycles. The Morgan fingerprint density at radius 2 is 1.89 bits per heavy atom. The van der Waals surface area contributed by atoms with Gasteiger partial charge in [0.2, 0.25) is 0 Å². The second-order valence-electron chi connectivity index (χ2n) is 4.17. The molecule has 0 bridgehead atoms. The molecule has 0 saturated carbocycles. The van der Waals surface area contributed by atoms with Gasteiger partial charge in [-0.15, -0.1) is 0 Å². The van der Waals surface area contributed by atoms with Crippen LogP contribution in [-0.2, 0) is 0 Å². The third-order valence-corrected chi connectivity index (χ3v) is 3.30. The number of rotatable bonds is 4. The van der Waals surface area contributed by atoms with Crippen LogP contribution < -0.4 is 10.1 Å². The number of hydrogen-bond donors (Lipinski definition) is 1. The molecule has 0 amide bonds. The number of nitrogens with one attached hydrogen (secondary N) is 1. The third-order valence-electron chi connectivity index (χ3n) is 2.99. The van der Waals surface area contributed by atoms with Crippen molar-refractivity contribution < 1.29 is 9.13 Å². The molecule has 0 saturated heterocycles. The van der Waals surface area contributed by atoms with Crippen molar-refractivity contribution in [2.45, 2.75) is 6.04 Å². The molecule has 1 unspecified atom stereocenters. The molecule has 100 valence electrons. The highest BCUT2D eigenvalue weighted by atomic mass is 35.5. The van der Waals surface area contributed by atoms with Crippen molar-refractivity contribution >= 4 is 11.6 Å². The first kappa shape index (κ1) is 13.8. The monoisotopic (exact) mass is 279 g/mol. The van der Waals surface area contributed by atoms with E-state index in [4.69, 9.17) is 16.3 Å². The lowest BCUT2D eigenvalue weighted by molar-refractivity contribution is 0.414. The number of halogens is 2. The van der Waals surface area contributed by atoms with Crippen LogP contribution in [0.2, 0.25) is 5.02 Å². The van der Waals surface area contributed by atoms with Gasteiger partial charge < -0.3 is 10.1 Å². The summed E-state index contributed by atoms with van der Waals surface area (Å²) in [4.78, 5) is 0. The molecule has 2 aromatic rings. The van der Waals surface area contributed by atoms with E-state index in [0.717, 1.165) is 16.9 Å². The molecule has 0 fully saturated rings. The van der Waals surface area contributed by atoms with Gasteiger partial charge in [-0.2, -0.15) is 0 Å². The van der Waals surface area contributed by atoms with E-state index >= 15 is 0 Å². The molecular weight excluding hydrogens is 265 g/mol. The molecule has 0 spiro atoms. The lowest BCUT2D eigenvalue weighted by Crippen LogP contribution is -2.17. The quantitative estimate of drug-likeness (QED) is 0.919. The van der Waals surface area contributed by atoms with Crippen molar-refractivity contribution in [3.8, 4) is 5.75 Å². The smallest absolute Gasteiger partial charge is 0.142 e. The van der Waals surface area contributed by atoms with Crippen molar-refractivity contribution in [3.63, 3.8) is 0 Å². The van der Waals surface area contributed by atoms with E-state index in [1.54, 1.807) is 13.2 Å². The second-order valence-corrected chi connectivity index (χ2v) is 4.58. The Balaban J connectivity index is 2.40. The molecule has 2 rings (SSSR count). The maximum atomic E-state index is 13.6. The van der Waals surface area contributed by atoms with Gasteiger partial charge in [0.25, 0.3) is 0 Å². The lowest BCUT2D eigenvalue weighted by Gasteiger charge is -2.18. The fraction of sp³-hybridized carbons (Fsp3) is 0.200. The lowest BCUT2D eigenvalue weighted by atomic mass is 9.98. The summed E-state index contributed by atoms with van der Waals surface area (Å²) >= 11 is 5.71. The Labute approximate surface area is 117 Å². The Kier molecular flexibility index (Phi) is 4.40. The second kappa shape index (κ2) is 6.04. The highest BCUT2D eigenvalue weighted by Gasteiger charge is 2.14. The summed E-state index contributed by atoms with van der Waals surface area (Å²) in [6, 6.07) is 12.4. The minimum Gasteiger partial charge on any atom is -0.497 e. The Bertz CT molecular complexity index is 574. The molecular formula is C15H15ClFNO. The third kappa shape index (κ3) is 3.06. The van der Waals surface area contributed by atoms with Crippen molar-refractivity contribution in [2.24, 2.45) is 0 Å². The molecule has 0 aliphatic carbocycles. The first-order valence-electron chi connectivity index (χ1n) is 5.92. The van der Waals surface area contributed by atoms with Gasteiger partial charge in [0.15, 0.2) is 0 Å². The van der Waals surface area contributed by atoms with Crippen molar-refractivity contribution in [2.75, 3.05) is 14.2 Å². The SMILES string of the molecule is CNC(c1cccc(OC)c1)c1ccc(Cl)c(F)c1. The van der Waals surface area contributed by atoms with Crippen LogP contribution in [0.4, 0.5) is 4.39 Å². The summed E-state index contributed by atoms with van der Waals surface area (Å²) in [5, 5.41) is 3.30. The topological polar surface area (TPSA) is 21.3 Å². The molecule has 2 nitrogen and oxygen atoms in total. The van der Waals surface area contributed by atoms with Crippen LogP contribution in [0.3, 0.4) is 0 Å².